The van der Waals surface area contributed by atoms with E-state index in [4.69, 9.17) is 12.2 Å². The normalized spacial score (nSPS) is 16.7. The SMILES string of the molecule is CNC(=S)N1CC[NH+](Cc2ccccc2C)CC1. The minimum atomic E-state index is 0.880. The summed E-state index contributed by atoms with van der Waals surface area (Å²) in [6, 6.07) is 8.68. The van der Waals surface area contributed by atoms with Crippen LogP contribution in [0.3, 0.4) is 0 Å². The van der Waals surface area contributed by atoms with E-state index in [1.54, 1.807) is 4.90 Å². The monoisotopic (exact) mass is 264 g/mol. The summed E-state index contributed by atoms with van der Waals surface area (Å²) in [4.78, 5) is 3.91. The molecule has 0 amide bonds. The summed E-state index contributed by atoms with van der Waals surface area (Å²) in [7, 11) is 1.90. The van der Waals surface area contributed by atoms with E-state index in [0.717, 1.165) is 37.8 Å². The lowest BCUT2D eigenvalue weighted by molar-refractivity contribution is -0.917. The molecule has 2 rings (SSSR count). The van der Waals surface area contributed by atoms with Crippen molar-refractivity contribution in [1.82, 2.24) is 10.2 Å². The van der Waals surface area contributed by atoms with Crippen LogP contribution in [0.5, 0.6) is 0 Å². The first-order chi connectivity index (χ1) is 8.70. The van der Waals surface area contributed by atoms with Crippen LogP contribution < -0.4 is 10.2 Å². The number of aryl methyl sites for hydroxylation is 1. The van der Waals surface area contributed by atoms with Gasteiger partial charge in [0.25, 0.3) is 0 Å². The molecule has 0 saturated carbocycles. The quantitative estimate of drug-likeness (QED) is 0.745. The van der Waals surface area contributed by atoms with Crippen LogP contribution in [0, 0.1) is 6.92 Å². The summed E-state index contributed by atoms with van der Waals surface area (Å²) < 4.78 is 0. The van der Waals surface area contributed by atoms with Crippen molar-refractivity contribution in [1.29, 1.82) is 0 Å². The topological polar surface area (TPSA) is 19.7 Å². The average molecular weight is 264 g/mol. The minimum Gasteiger partial charge on any atom is -0.366 e. The van der Waals surface area contributed by atoms with Crippen LogP contribution in [0.2, 0.25) is 0 Å². The van der Waals surface area contributed by atoms with E-state index >= 15 is 0 Å². The lowest BCUT2D eigenvalue weighted by Gasteiger charge is -2.33. The van der Waals surface area contributed by atoms with Crippen LogP contribution in [0.25, 0.3) is 0 Å². The Morgan fingerprint density at radius 3 is 2.61 bits per heavy atom. The molecule has 0 aliphatic carbocycles. The standard InChI is InChI=1S/C14H21N3S/c1-12-5-3-4-6-13(12)11-16-7-9-17(10-8-16)14(18)15-2/h3-6H,7-11H2,1-2H3,(H,15,18)/p+1. The molecular formula is C14H22N3S+. The van der Waals surface area contributed by atoms with Crippen molar-refractivity contribution in [3.63, 3.8) is 0 Å². The summed E-state index contributed by atoms with van der Waals surface area (Å²) >= 11 is 5.27. The van der Waals surface area contributed by atoms with Crippen LogP contribution in [-0.2, 0) is 6.54 Å². The fraction of sp³-hybridized carbons (Fsp3) is 0.500. The first-order valence-electron chi connectivity index (χ1n) is 6.55. The van der Waals surface area contributed by atoms with E-state index in [-0.39, 0.29) is 0 Å². The number of piperazine rings is 1. The van der Waals surface area contributed by atoms with Crippen LogP contribution in [-0.4, -0.2) is 43.2 Å². The Labute approximate surface area is 115 Å². The highest BCUT2D eigenvalue weighted by Crippen LogP contribution is 2.05. The first kappa shape index (κ1) is 13.3. The molecule has 1 fully saturated rings. The second-order valence-electron chi connectivity index (χ2n) is 4.90. The fourth-order valence-corrected chi connectivity index (χ4v) is 2.62. The molecule has 0 atom stereocenters. The van der Waals surface area contributed by atoms with Gasteiger partial charge < -0.3 is 15.1 Å². The second kappa shape index (κ2) is 6.16. The second-order valence-corrected chi connectivity index (χ2v) is 5.28. The minimum absolute atomic E-state index is 0.880. The van der Waals surface area contributed by atoms with Gasteiger partial charge in [-0.25, -0.2) is 0 Å². The predicted molar refractivity (Wildman–Crippen MR) is 78.8 cm³/mol. The number of thiocarbonyl (C=S) groups is 1. The first-order valence-corrected chi connectivity index (χ1v) is 6.96. The van der Waals surface area contributed by atoms with Gasteiger partial charge >= 0.3 is 0 Å². The molecule has 4 heteroatoms. The summed E-state index contributed by atoms with van der Waals surface area (Å²) in [5.74, 6) is 0. The smallest absolute Gasteiger partial charge is 0.169 e. The number of hydrogen-bond donors (Lipinski definition) is 2. The lowest BCUT2D eigenvalue weighted by atomic mass is 10.1. The van der Waals surface area contributed by atoms with Crippen molar-refractivity contribution in [3.8, 4) is 0 Å². The number of nitrogens with zero attached hydrogens (tertiary/aromatic N) is 1. The van der Waals surface area contributed by atoms with E-state index in [2.05, 4.69) is 41.4 Å². The van der Waals surface area contributed by atoms with Crippen LogP contribution in [0.15, 0.2) is 24.3 Å². The molecule has 0 aromatic heterocycles. The van der Waals surface area contributed by atoms with Crippen molar-refractivity contribution in [3.05, 3.63) is 35.4 Å². The largest absolute Gasteiger partial charge is 0.366 e. The van der Waals surface area contributed by atoms with Gasteiger partial charge in [-0.2, -0.15) is 0 Å². The van der Waals surface area contributed by atoms with E-state index in [1.165, 1.54) is 11.1 Å². The molecule has 0 bridgehead atoms. The molecule has 0 radical (unpaired) electrons. The molecule has 0 spiro atoms. The maximum atomic E-state index is 5.27. The van der Waals surface area contributed by atoms with Gasteiger partial charge in [0.05, 0.1) is 26.2 Å². The zero-order valence-corrected chi connectivity index (χ0v) is 12.0. The zero-order chi connectivity index (χ0) is 13.0. The van der Waals surface area contributed by atoms with Gasteiger partial charge in [0.1, 0.15) is 6.54 Å². The third-order valence-electron chi connectivity index (χ3n) is 3.67. The number of nitrogens with one attached hydrogen (secondary N) is 2. The van der Waals surface area contributed by atoms with Crippen LogP contribution in [0.1, 0.15) is 11.1 Å². The van der Waals surface area contributed by atoms with E-state index in [0.29, 0.717) is 0 Å². The van der Waals surface area contributed by atoms with Gasteiger partial charge in [0, 0.05) is 12.6 Å². The molecule has 1 aliphatic heterocycles. The molecule has 18 heavy (non-hydrogen) atoms. The van der Waals surface area contributed by atoms with Gasteiger partial charge in [-0.3, -0.25) is 0 Å². The van der Waals surface area contributed by atoms with Gasteiger partial charge in [0.15, 0.2) is 5.11 Å². The summed E-state index contributed by atoms with van der Waals surface area (Å²) in [6.45, 7) is 7.77. The van der Waals surface area contributed by atoms with Crippen molar-refractivity contribution >= 4 is 17.3 Å². The average Bonchev–Trinajstić information content (AvgIpc) is 2.41. The number of benzene rings is 1. The van der Waals surface area contributed by atoms with Crippen molar-refractivity contribution in [2.24, 2.45) is 0 Å². The van der Waals surface area contributed by atoms with Crippen molar-refractivity contribution in [2.75, 3.05) is 33.2 Å². The summed E-state index contributed by atoms with van der Waals surface area (Å²) in [5, 5.41) is 3.94. The maximum Gasteiger partial charge on any atom is 0.169 e. The maximum absolute atomic E-state index is 5.27. The van der Waals surface area contributed by atoms with E-state index in [9.17, 15) is 0 Å². The van der Waals surface area contributed by atoms with Gasteiger partial charge in [-0.1, -0.05) is 24.3 Å². The molecule has 0 unspecified atom stereocenters. The molecular weight excluding hydrogens is 242 g/mol. The van der Waals surface area contributed by atoms with Crippen molar-refractivity contribution in [2.45, 2.75) is 13.5 Å². The third-order valence-corrected chi connectivity index (χ3v) is 4.14. The number of rotatable bonds is 2. The van der Waals surface area contributed by atoms with Crippen molar-refractivity contribution < 1.29 is 4.90 Å². The number of quaternary nitrogens is 1. The molecule has 3 nitrogen and oxygen atoms in total. The Kier molecular flexibility index (Phi) is 4.55. The fourth-order valence-electron chi connectivity index (χ4n) is 2.44. The molecule has 1 saturated heterocycles. The molecule has 2 N–H and O–H groups in total. The molecule has 1 aromatic carbocycles. The Bertz CT molecular complexity index is 411. The Balaban J connectivity index is 1.87. The highest BCUT2D eigenvalue weighted by Gasteiger charge is 2.21. The summed E-state index contributed by atoms with van der Waals surface area (Å²) in [6.07, 6.45) is 0. The van der Waals surface area contributed by atoms with E-state index in [1.807, 2.05) is 7.05 Å². The number of hydrogen-bond acceptors (Lipinski definition) is 1. The lowest BCUT2D eigenvalue weighted by Crippen LogP contribution is -3.13. The molecule has 1 heterocycles. The Morgan fingerprint density at radius 2 is 2.00 bits per heavy atom. The highest BCUT2D eigenvalue weighted by atomic mass is 32.1. The van der Waals surface area contributed by atoms with Gasteiger partial charge in [-0.15, -0.1) is 0 Å². The molecule has 1 aliphatic rings. The Morgan fingerprint density at radius 1 is 1.33 bits per heavy atom. The third kappa shape index (κ3) is 3.21. The van der Waals surface area contributed by atoms with Crippen LogP contribution in [0.4, 0.5) is 0 Å². The van der Waals surface area contributed by atoms with Crippen LogP contribution >= 0.6 is 12.2 Å². The summed E-state index contributed by atoms with van der Waals surface area (Å²) in [5.41, 5.74) is 2.87. The van der Waals surface area contributed by atoms with E-state index < -0.39 is 0 Å². The predicted octanol–water partition coefficient (Wildman–Crippen LogP) is 0.200. The Hall–Kier alpha value is -1.13. The highest BCUT2D eigenvalue weighted by molar-refractivity contribution is 7.80. The van der Waals surface area contributed by atoms with Gasteiger partial charge in [-0.05, 0) is 24.7 Å². The zero-order valence-electron chi connectivity index (χ0n) is 11.2. The van der Waals surface area contributed by atoms with Gasteiger partial charge in [0.2, 0.25) is 0 Å². The molecule has 1 aromatic rings. The molecule has 98 valence electrons.